The Hall–Kier alpha value is -2.37. The SMILES string of the molecule is CCCCN(C)c1nc2cc(C(=O)O)ccc2c(=O)[nH]1. The molecule has 2 rings (SSSR count). The number of hydrogen-bond donors (Lipinski definition) is 2. The van der Waals surface area contributed by atoms with Crippen molar-refractivity contribution in [2.75, 3.05) is 18.5 Å². The van der Waals surface area contributed by atoms with Crippen molar-refractivity contribution in [3.8, 4) is 0 Å². The smallest absolute Gasteiger partial charge is 0.335 e. The van der Waals surface area contributed by atoms with Crippen LogP contribution in [0.25, 0.3) is 10.9 Å². The third kappa shape index (κ3) is 2.79. The maximum absolute atomic E-state index is 12.0. The number of nitrogens with zero attached hydrogens (tertiary/aromatic N) is 2. The number of aromatic carboxylic acids is 1. The van der Waals surface area contributed by atoms with Crippen LogP contribution in [0.1, 0.15) is 30.1 Å². The van der Waals surface area contributed by atoms with Crippen molar-refractivity contribution >= 4 is 22.8 Å². The zero-order valence-corrected chi connectivity index (χ0v) is 11.5. The van der Waals surface area contributed by atoms with Crippen LogP contribution in [0, 0.1) is 0 Å². The molecule has 0 bridgehead atoms. The van der Waals surface area contributed by atoms with Crippen molar-refractivity contribution in [3.05, 3.63) is 34.1 Å². The zero-order chi connectivity index (χ0) is 14.7. The van der Waals surface area contributed by atoms with Gasteiger partial charge in [0.25, 0.3) is 5.56 Å². The minimum Gasteiger partial charge on any atom is -0.478 e. The predicted molar refractivity (Wildman–Crippen MR) is 77.5 cm³/mol. The Morgan fingerprint density at radius 1 is 1.45 bits per heavy atom. The van der Waals surface area contributed by atoms with Crippen molar-refractivity contribution in [1.29, 1.82) is 0 Å². The molecule has 2 N–H and O–H groups in total. The standard InChI is InChI=1S/C14H17N3O3/c1-3-4-7-17(2)14-15-11-8-9(13(19)20)5-6-10(11)12(18)16-14/h5-6,8H,3-4,7H2,1-2H3,(H,19,20)(H,15,16,18). The van der Waals surface area contributed by atoms with Gasteiger partial charge in [0, 0.05) is 13.6 Å². The number of nitrogens with one attached hydrogen (secondary N) is 1. The number of aromatic nitrogens is 2. The Bertz CT molecular complexity index is 694. The highest BCUT2D eigenvalue weighted by Gasteiger charge is 2.10. The molecular formula is C14H17N3O3. The average Bonchev–Trinajstić information content (AvgIpc) is 2.43. The average molecular weight is 275 g/mol. The lowest BCUT2D eigenvalue weighted by molar-refractivity contribution is 0.0697. The van der Waals surface area contributed by atoms with Gasteiger partial charge in [0.2, 0.25) is 5.95 Å². The summed E-state index contributed by atoms with van der Waals surface area (Å²) in [5.41, 5.74) is 0.259. The van der Waals surface area contributed by atoms with E-state index in [1.807, 2.05) is 11.9 Å². The van der Waals surface area contributed by atoms with E-state index in [4.69, 9.17) is 5.11 Å². The van der Waals surface area contributed by atoms with Crippen molar-refractivity contribution in [2.45, 2.75) is 19.8 Å². The largest absolute Gasteiger partial charge is 0.478 e. The number of hydrogen-bond acceptors (Lipinski definition) is 4. The normalized spacial score (nSPS) is 10.7. The molecule has 1 aromatic heterocycles. The van der Waals surface area contributed by atoms with Gasteiger partial charge < -0.3 is 10.0 Å². The van der Waals surface area contributed by atoms with Crippen LogP contribution in [0.4, 0.5) is 5.95 Å². The summed E-state index contributed by atoms with van der Waals surface area (Å²) in [5.74, 6) is -0.576. The fraction of sp³-hybridized carbons (Fsp3) is 0.357. The third-order valence-electron chi connectivity index (χ3n) is 3.15. The summed E-state index contributed by atoms with van der Waals surface area (Å²) in [6.07, 6.45) is 2.04. The number of H-pyrrole nitrogens is 1. The molecule has 0 saturated carbocycles. The molecule has 0 aliphatic carbocycles. The minimum atomic E-state index is -1.03. The number of carbonyl (C=O) groups is 1. The lowest BCUT2D eigenvalue weighted by atomic mass is 10.1. The molecule has 0 atom stereocenters. The molecule has 0 spiro atoms. The van der Waals surface area contributed by atoms with Crippen LogP contribution in [0.2, 0.25) is 0 Å². The van der Waals surface area contributed by atoms with Crippen LogP contribution in [-0.2, 0) is 0 Å². The van der Waals surface area contributed by atoms with E-state index >= 15 is 0 Å². The first-order valence-corrected chi connectivity index (χ1v) is 6.51. The molecule has 106 valence electrons. The van der Waals surface area contributed by atoms with E-state index in [2.05, 4.69) is 16.9 Å². The third-order valence-corrected chi connectivity index (χ3v) is 3.15. The molecule has 1 heterocycles. The minimum absolute atomic E-state index is 0.123. The summed E-state index contributed by atoms with van der Waals surface area (Å²) in [6, 6.07) is 4.31. The van der Waals surface area contributed by atoms with Crippen molar-refractivity contribution in [1.82, 2.24) is 9.97 Å². The predicted octanol–water partition coefficient (Wildman–Crippen LogP) is 1.86. The Morgan fingerprint density at radius 3 is 2.85 bits per heavy atom. The van der Waals surface area contributed by atoms with Crippen molar-refractivity contribution in [3.63, 3.8) is 0 Å². The number of fused-ring (bicyclic) bond motifs is 1. The van der Waals surface area contributed by atoms with Gasteiger partial charge in [-0.1, -0.05) is 13.3 Å². The fourth-order valence-electron chi connectivity index (χ4n) is 1.94. The molecule has 6 heteroatoms. The van der Waals surface area contributed by atoms with Gasteiger partial charge in [-0.3, -0.25) is 9.78 Å². The van der Waals surface area contributed by atoms with Crippen molar-refractivity contribution in [2.24, 2.45) is 0 Å². The van der Waals surface area contributed by atoms with Crippen LogP contribution in [0.3, 0.4) is 0 Å². The molecule has 1 aromatic carbocycles. The van der Waals surface area contributed by atoms with E-state index < -0.39 is 5.97 Å². The van der Waals surface area contributed by atoms with E-state index in [0.717, 1.165) is 19.4 Å². The Labute approximate surface area is 116 Å². The maximum Gasteiger partial charge on any atom is 0.335 e. The molecule has 0 radical (unpaired) electrons. The molecule has 0 amide bonds. The van der Waals surface area contributed by atoms with Gasteiger partial charge in [0.05, 0.1) is 16.5 Å². The maximum atomic E-state index is 12.0. The van der Waals surface area contributed by atoms with Gasteiger partial charge in [-0.25, -0.2) is 9.78 Å². The number of aromatic amines is 1. The molecule has 6 nitrogen and oxygen atoms in total. The molecule has 20 heavy (non-hydrogen) atoms. The van der Waals surface area contributed by atoms with Gasteiger partial charge in [-0.2, -0.15) is 0 Å². The quantitative estimate of drug-likeness (QED) is 0.869. The van der Waals surface area contributed by atoms with Gasteiger partial charge >= 0.3 is 5.97 Å². The molecule has 0 fully saturated rings. The van der Waals surface area contributed by atoms with Gasteiger partial charge in [-0.05, 0) is 24.6 Å². The number of carboxylic acids is 1. The first-order valence-electron chi connectivity index (χ1n) is 6.51. The number of unbranched alkanes of at least 4 members (excludes halogenated alkanes) is 1. The summed E-state index contributed by atoms with van der Waals surface area (Å²) >= 11 is 0. The Morgan fingerprint density at radius 2 is 2.20 bits per heavy atom. The van der Waals surface area contributed by atoms with E-state index in [1.54, 1.807) is 0 Å². The lowest BCUT2D eigenvalue weighted by Gasteiger charge is -2.17. The van der Waals surface area contributed by atoms with Gasteiger partial charge in [0.15, 0.2) is 0 Å². The highest BCUT2D eigenvalue weighted by atomic mass is 16.4. The first-order chi connectivity index (χ1) is 9.52. The summed E-state index contributed by atoms with van der Waals surface area (Å²) < 4.78 is 0. The first kappa shape index (κ1) is 14.0. The second-order valence-corrected chi connectivity index (χ2v) is 4.70. The number of anilines is 1. The Balaban J connectivity index is 2.48. The van der Waals surface area contributed by atoms with E-state index in [-0.39, 0.29) is 11.1 Å². The number of benzene rings is 1. The van der Waals surface area contributed by atoms with Crippen LogP contribution in [-0.4, -0.2) is 34.6 Å². The van der Waals surface area contributed by atoms with Crippen LogP contribution < -0.4 is 10.5 Å². The lowest BCUT2D eigenvalue weighted by Crippen LogP contribution is -2.24. The molecular weight excluding hydrogens is 258 g/mol. The van der Waals surface area contributed by atoms with Crippen LogP contribution >= 0.6 is 0 Å². The highest BCUT2D eigenvalue weighted by molar-refractivity contribution is 5.93. The second kappa shape index (κ2) is 5.73. The van der Waals surface area contributed by atoms with E-state index in [1.165, 1.54) is 18.2 Å². The molecule has 0 saturated heterocycles. The van der Waals surface area contributed by atoms with Crippen molar-refractivity contribution < 1.29 is 9.90 Å². The summed E-state index contributed by atoms with van der Waals surface area (Å²) in [7, 11) is 1.85. The number of rotatable bonds is 5. The summed E-state index contributed by atoms with van der Waals surface area (Å²) in [6.45, 7) is 2.87. The molecule has 0 aliphatic heterocycles. The van der Waals surface area contributed by atoms with Crippen LogP contribution in [0.5, 0.6) is 0 Å². The topological polar surface area (TPSA) is 86.3 Å². The second-order valence-electron chi connectivity index (χ2n) is 4.70. The molecule has 0 aliphatic rings. The van der Waals surface area contributed by atoms with Crippen LogP contribution in [0.15, 0.2) is 23.0 Å². The highest BCUT2D eigenvalue weighted by Crippen LogP contribution is 2.13. The monoisotopic (exact) mass is 275 g/mol. The fourth-order valence-corrected chi connectivity index (χ4v) is 1.94. The Kier molecular flexibility index (Phi) is 4.02. The van der Waals surface area contributed by atoms with Gasteiger partial charge in [-0.15, -0.1) is 0 Å². The zero-order valence-electron chi connectivity index (χ0n) is 11.5. The summed E-state index contributed by atoms with van der Waals surface area (Å²) in [4.78, 5) is 31.9. The number of carboxylic acid groups (broad SMARTS) is 1. The van der Waals surface area contributed by atoms with E-state index in [9.17, 15) is 9.59 Å². The molecule has 0 unspecified atom stereocenters. The van der Waals surface area contributed by atoms with E-state index in [0.29, 0.717) is 16.9 Å². The molecule has 2 aromatic rings. The van der Waals surface area contributed by atoms with Gasteiger partial charge in [0.1, 0.15) is 0 Å². The summed E-state index contributed by atoms with van der Waals surface area (Å²) in [5, 5.41) is 9.38.